The molecular formula is C24H29N7O2. The molecule has 1 N–H and O–H groups in total. The minimum absolute atomic E-state index is 0.0287. The molecule has 4 rings (SSSR count). The van der Waals surface area contributed by atoms with Crippen LogP contribution in [0.5, 0.6) is 0 Å². The van der Waals surface area contributed by atoms with Crippen LogP contribution in [0, 0.1) is 11.5 Å². The molecule has 1 saturated heterocycles. The van der Waals surface area contributed by atoms with Gasteiger partial charge in [-0.2, -0.15) is 5.26 Å². The Kier molecular flexibility index (Phi) is 6.75. The van der Waals surface area contributed by atoms with Crippen LogP contribution in [-0.4, -0.2) is 78.9 Å². The number of aromatic nitrogens is 1. The van der Waals surface area contributed by atoms with Gasteiger partial charge in [-0.05, 0) is 44.2 Å². The second-order valence-electron chi connectivity index (χ2n) is 8.24. The minimum Gasteiger partial charge on any atom is -0.383 e. The van der Waals surface area contributed by atoms with E-state index < -0.39 is 0 Å². The van der Waals surface area contributed by atoms with Crippen LogP contribution < -0.4 is 10.2 Å². The van der Waals surface area contributed by atoms with Crippen LogP contribution >= 0.6 is 0 Å². The van der Waals surface area contributed by atoms with E-state index in [1.54, 1.807) is 16.9 Å². The van der Waals surface area contributed by atoms with Gasteiger partial charge in [-0.3, -0.25) is 9.79 Å². The Labute approximate surface area is 194 Å². The van der Waals surface area contributed by atoms with Crippen LogP contribution in [0.1, 0.15) is 24.2 Å². The third-order valence-electron chi connectivity index (χ3n) is 6.12. The van der Waals surface area contributed by atoms with Gasteiger partial charge in [-0.25, -0.2) is 4.98 Å². The van der Waals surface area contributed by atoms with E-state index in [9.17, 15) is 4.79 Å². The molecule has 1 fully saturated rings. The SMILES string of the molecule is COCCN1c2nc(Nc3cccc(C(=O)N4CCN(C#N)CC4)c3)ccc2N=C(C)C1C. The van der Waals surface area contributed by atoms with E-state index in [0.717, 1.165) is 29.4 Å². The minimum atomic E-state index is -0.0287. The fourth-order valence-corrected chi connectivity index (χ4v) is 4.06. The van der Waals surface area contributed by atoms with Crippen molar-refractivity contribution in [3.8, 4) is 6.19 Å². The summed E-state index contributed by atoms with van der Waals surface area (Å²) in [7, 11) is 1.69. The van der Waals surface area contributed by atoms with E-state index in [1.807, 2.05) is 43.3 Å². The predicted molar refractivity (Wildman–Crippen MR) is 129 cm³/mol. The number of nitrogens with zero attached hydrogens (tertiary/aromatic N) is 6. The lowest BCUT2D eigenvalue weighted by Crippen LogP contribution is -2.46. The van der Waals surface area contributed by atoms with Crippen molar-refractivity contribution < 1.29 is 9.53 Å². The molecule has 1 aromatic heterocycles. The number of hydrogen-bond donors (Lipinski definition) is 1. The summed E-state index contributed by atoms with van der Waals surface area (Å²) in [6.45, 7) is 7.70. The first-order valence-electron chi connectivity index (χ1n) is 11.1. The van der Waals surface area contributed by atoms with Gasteiger partial charge in [-0.15, -0.1) is 0 Å². The number of pyridine rings is 1. The molecule has 1 atom stereocenters. The molecule has 2 aliphatic heterocycles. The summed E-state index contributed by atoms with van der Waals surface area (Å²) in [6.07, 6.45) is 2.14. The number of carbonyl (C=O) groups is 1. The van der Waals surface area contributed by atoms with E-state index in [0.29, 0.717) is 44.2 Å². The van der Waals surface area contributed by atoms with E-state index >= 15 is 0 Å². The number of aliphatic imine (C=N–C) groups is 1. The standard InChI is InChI=1S/C24H29N7O2/c1-17-18(2)31(13-14-33-3)23-21(26-17)7-8-22(28-23)27-20-6-4-5-19(15-20)24(32)30-11-9-29(16-25)10-12-30/h4-8,15,18H,9-14H2,1-3H3,(H,27,28). The number of nitriles is 1. The van der Waals surface area contributed by atoms with Crippen LogP contribution in [0.4, 0.5) is 23.0 Å². The number of piperazine rings is 1. The van der Waals surface area contributed by atoms with Gasteiger partial charge in [0, 0.05) is 56.8 Å². The van der Waals surface area contributed by atoms with Gasteiger partial charge in [0.2, 0.25) is 0 Å². The number of methoxy groups -OCH3 is 1. The Balaban J connectivity index is 1.52. The number of rotatable bonds is 6. The summed E-state index contributed by atoms with van der Waals surface area (Å²) in [5.74, 6) is 1.47. The number of ether oxygens (including phenoxy) is 1. The van der Waals surface area contributed by atoms with Crippen molar-refractivity contribution in [2.75, 3.05) is 56.7 Å². The van der Waals surface area contributed by atoms with Crippen molar-refractivity contribution in [2.45, 2.75) is 19.9 Å². The third kappa shape index (κ3) is 4.91. The van der Waals surface area contributed by atoms with Crippen LogP contribution in [-0.2, 0) is 4.74 Å². The number of amides is 1. The molecule has 33 heavy (non-hydrogen) atoms. The van der Waals surface area contributed by atoms with E-state index in [-0.39, 0.29) is 11.9 Å². The Morgan fingerprint density at radius 1 is 1.24 bits per heavy atom. The van der Waals surface area contributed by atoms with Gasteiger partial charge in [0.1, 0.15) is 11.5 Å². The summed E-state index contributed by atoms with van der Waals surface area (Å²) in [5.41, 5.74) is 3.28. The Morgan fingerprint density at radius 2 is 2.03 bits per heavy atom. The molecule has 3 heterocycles. The van der Waals surface area contributed by atoms with Gasteiger partial charge in [0.25, 0.3) is 5.91 Å². The molecule has 0 radical (unpaired) electrons. The summed E-state index contributed by atoms with van der Waals surface area (Å²) < 4.78 is 5.29. The molecule has 9 heteroatoms. The smallest absolute Gasteiger partial charge is 0.254 e. The van der Waals surface area contributed by atoms with Gasteiger partial charge < -0.3 is 24.8 Å². The Hall–Kier alpha value is -3.64. The summed E-state index contributed by atoms with van der Waals surface area (Å²) >= 11 is 0. The monoisotopic (exact) mass is 447 g/mol. The van der Waals surface area contributed by atoms with Crippen LogP contribution in [0.2, 0.25) is 0 Å². The molecule has 0 spiro atoms. The maximum absolute atomic E-state index is 12.9. The number of carbonyl (C=O) groups excluding carboxylic acids is 1. The summed E-state index contributed by atoms with van der Waals surface area (Å²) in [6, 6.07) is 11.4. The lowest BCUT2D eigenvalue weighted by atomic mass is 10.1. The van der Waals surface area contributed by atoms with E-state index in [2.05, 4.69) is 23.3 Å². The number of hydrogen-bond acceptors (Lipinski definition) is 8. The third-order valence-corrected chi connectivity index (χ3v) is 6.12. The molecule has 1 aromatic carbocycles. The van der Waals surface area contributed by atoms with Gasteiger partial charge in [0.15, 0.2) is 12.0 Å². The molecule has 1 amide bonds. The van der Waals surface area contributed by atoms with Crippen molar-refractivity contribution in [3.05, 3.63) is 42.0 Å². The molecule has 2 aromatic rings. The molecule has 0 saturated carbocycles. The molecule has 0 bridgehead atoms. The van der Waals surface area contributed by atoms with Crippen LogP contribution in [0.25, 0.3) is 0 Å². The van der Waals surface area contributed by atoms with E-state index in [4.69, 9.17) is 20.0 Å². The quantitative estimate of drug-likeness (QED) is 0.680. The van der Waals surface area contributed by atoms with E-state index in [1.165, 1.54) is 0 Å². The summed E-state index contributed by atoms with van der Waals surface area (Å²) in [5, 5.41) is 12.3. The normalized spacial score (nSPS) is 17.8. The Bertz CT molecular complexity index is 1090. The highest BCUT2D eigenvalue weighted by atomic mass is 16.5. The van der Waals surface area contributed by atoms with Crippen LogP contribution in [0.3, 0.4) is 0 Å². The van der Waals surface area contributed by atoms with Crippen molar-refractivity contribution >= 4 is 34.6 Å². The van der Waals surface area contributed by atoms with Gasteiger partial charge in [-0.1, -0.05) is 6.07 Å². The highest BCUT2D eigenvalue weighted by molar-refractivity contribution is 5.97. The molecule has 1 unspecified atom stereocenters. The average molecular weight is 448 g/mol. The Morgan fingerprint density at radius 3 is 2.76 bits per heavy atom. The molecule has 0 aliphatic carbocycles. The molecule has 9 nitrogen and oxygen atoms in total. The number of fused-ring (bicyclic) bond motifs is 1. The van der Waals surface area contributed by atoms with Crippen molar-refractivity contribution in [1.82, 2.24) is 14.8 Å². The average Bonchev–Trinajstić information content (AvgIpc) is 2.84. The first-order valence-corrected chi connectivity index (χ1v) is 11.1. The number of benzene rings is 1. The fourth-order valence-electron chi connectivity index (χ4n) is 4.06. The van der Waals surface area contributed by atoms with Crippen molar-refractivity contribution in [1.29, 1.82) is 5.26 Å². The zero-order valence-electron chi connectivity index (χ0n) is 19.3. The lowest BCUT2D eigenvalue weighted by Gasteiger charge is -2.34. The second kappa shape index (κ2) is 9.88. The maximum atomic E-state index is 12.9. The zero-order chi connectivity index (χ0) is 23.4. The number of nitrogens with one attached hydrogen (secondary N) is 1. The fraction of sp³-hybridized carbons (Fsp3) is 0.417. The van der Waals surface area contributed by atoms with Gasteiger partial charge >= 0.3 is 0 Å². The van der Waals surface area contributed by atoms with Crippen molar-refractivity contribution in [2.24, 2.45) is 4.99 Å². The second-order valence-corrected chi connectivity index (χ2v) is 8.24. The first kappa shape index (κ1) is 22.6. The number of anilines is 3. The molecular weight excluding hydrogens is 418 g/mol. The molecule has 2 aliphatic rings. The van der Waals surface area contributed by atoms with Crippen molar-refractivity contribution in [3.63, 3.8) is 0 Å². The summed E-state index contributed by atoms with van der Waals surface area (Å²) in [4.78, 5) is 28.1. The highest BCUT2D eigenvalue weighted by Crippen LogP contribution is 2.34. The zero-order valence-corrected chi connectivity index (χ0v) is 19.3. The highest BCUT2D eigenvalue weighted by Gasteiger charge is 2.26. The topological polar surface area (TPSA) is 97.1 Å². The maximum Gasteiger partial charge on any atom is 0.254 e. The van der Waals surface area contributed by atoms with Gasteiger partial charge in [0.05, 0.1) is 12.6 Å². The lowest BCUT2D eigenvalue weighted by molar-refractivity contribution is 0.0684. The van der Waals surface area contributed by atoms with Crippen LogP contribution in [0.15, 0.2) is 41.4 Å². The predicted octanol–water partition coefficient (Wildman–Crippen LogP) is 3.01. The largest absolute Gasteiger partial charge is 0.383 e. The molecule has 172 valence electrons. The first-order chi connectivity index (χ1) is 16.0.